The SMILES string of the molecule is COC(=O)CCc1ccc(OCCC(C)Oc2ccc(OC(F)(F)F)cc2Br)cc1C. The number of methoxy groups -OCH3 is 1. The van der Waals surface area contributed by atoms with Crippen LogP contribution in [0.2, 0.25) is 0 Å². The van der Waals surface area contributed by atoms with Crippen LogP contribution in [0.5, 0.6) is 17.2 Å². The minimum absolute atomic E-state index is 0.230. The fourth-order valence-electron chi connectivity index (χ4n) is 2.77. The summed E-state index contributed by atoms with van der Waals surface area (Å²) < 4.78 is 57.3. The van der Waals surface area contributed by atoms with Gasteiger partial charge in [0, 0.05) is 12.8 Å². The van der Waals surface area contributed by atoms with Gasteiger partial charge in [0.1, 0.15) is 17.2 Å². The summed E-state index contributed by atoms with van der Waals surface area (Å²) in [4.78, 5) is 11.3. The average molecular weight is 505 g/mol. The monoisotopic (exact) mass is 504 g/mol. The van der Waals surface area contributed by atoms with Crippen molar-refractivity contribution < 1.29 is 36.9 Å². The van der Waals surface area contributed by atoms with Crippen LogP contribution < -0.4 is 14.2 Å². The molecule has 0 saturated heterocycles. The number of hydrogen-bond acceptors (Lipinski definition) is 5. The Kier molecular flexibility index (Phi) is 9.03. The number of ether oxygens (including phenoxy) is 4. The smallest absolute Gasteiger partial charge is 0.493 e. The molecule has 1 unspecified atom stereocenters. The predicted octanol–water partition coefficient (Wildman–Crippen LogP) is 6.00. The summed E-state index contributed by atoms with van der Waals surface area (Å²) in [6.07, 6.45) is -3.48. The third-order valence-electron chi connectivity index (χ3n) is 4.40. The first-order valence-corrected chi connectivity index (χ1v) is 10.4. The van der Waals surface area contributed by atoms with Crippen molar-refractivity contribution in [2.45, 2.75) is 45.6 Å². The number of benzene rings is 2. The van der Waals surface area contributed by atoms with Gasteiger partial charge in [-0.05, 0) is 77.7 Å². The summed E-state index contributed by atoms with van der Waals surface area (Å²) in [5, 5.41) is 0. The molecule has 0 aliphatic rings. The molecule has 0 saturated carbocycles. The normalized spacial score (nSPS) is 12.2. The Labute approximate surface area is 187 Å². The molecule has 0 radical (unpaired) electrons. The van der Waals surface area contributed by atoms with E-state index in [0.29, 0.717) is 41.8 Å². The summed E-state index contributed by atoms with van der Waals surface area (Å²) in [7, 11) is 1.37. The van der Waals surface area contributed by atoms with Crippen molar-refractivity contribution in [3.63, 3.8) is 0 Å². The van der Waals surface area contributed by atoms with Gasteiger partial charge in [0.05, 0.1) is 24.3 Å². The molecule has 0 aliphatic heterocycles. The van der Waals surface area contributed by atoms with Gasteiger partial charge >= 0.3 is 12.3 Å². The highest BCUT2D eigenvalue weighted by Crippen LogP contribution is 2.32. The van der Waals surface area contributed by atoms with Crippen LogP contribution in [-0.4, -0.2) is 32.2 Å². The largest absolute Gasteiger partial charge is 0.573 e. The van der Waals surface area contributed by atoms with E-state index in [1.54, 1.807) is 0 Å². The second-order valence-electron chi connectivity index (χ2n) is 6.87. The highest BCUT2D eigenvalue weighted by atomic mass is 79.9. The molecule has 31 heavy (non-hydrogen) atoms. The van der Waals surface area contributed by atoms with E-state index in [1.807, 2.05) is 32.0 Å². The van der Waals surface area contributed by atoms with Gasteiger partial charge in [0.25, 0.3) is 0 Å². The quantitative estimate of drug-likeness (QED) is 0.371. The van der Waals surface area contributed by atoms with Gasteiger partial charge in [-0.1, -0.05) is 6.07 Å². The Morgan fingerprint density at radius 1 is 1.13 bits per heavy atom. The molecule has 1 atom stereocenters. The van der Waals surface area contributed by atoms with Crippen molar-refractivity contribution in [3.8, 4) is 17.2 Å². The van der Waals surface area contributed by atoms with E-state index in [0.717, 1.165) is 11.1 Å². The molecule has 0 spiro atoms. The average Bonchev–Trinajstić information content (AvgIpc) is 2.68. The van der Waals surface area contributed by atoms with Gasteiger partial charge in [-0.15, -0.1) is 13.2 Å². The lowest BCUT2D eigenvalue weighted by Crippen LogP contribution is -2.18. The summed E-state index contributed by atoms with van der Waals surface area (Å²) in [6, 6.07) is 9.50. The molecular weight excluding hydrogens is 481 g/mol. The van der Waals surface area contributed by atoms with Crippen LogP contribution in [-0.2, 0) is 16.0 Å². The number of carbonyl (C=O) groups excluding carboxylic acids is 1. The number of alkyl halides is 3. The third kappa shape index (κ3) is 8.69. The molecule has 5 nitrogen and oxygen atoms in total. The third-order valence-corrected chi connectivity index (χ3v) is 5.02. The van der Waals surface area contributed by atoms with Crippen molar-refractivity contribution >= 4 is 21.9 Å². The van der Waals surface area contributed by atoms with Crippen molar-refractivity contribution in [2.24, 2.45) is 0 Å². The molecule has 0 N–H and O–H groups in total. The standard InChI is InChI=1S/C22H24BrF3O5/c1-14-12-17(6-4-16(14)5-9-21(27)28-3)29-11-10-15(2)30-20-8-7-18(13-19(20)23)31-22(24,25)26/h4,6-8,12-13,15H,5,9-11H2,1-3H3. The molecule has 0 aliphatic carbocycles. The Balaban J connectivity index is 1.82. The maximum Gasteiger partial charge on any atom is 0.573 e. The van der Waals surface area contributed by atoms with E-state index in [-0.39, 0.29) is 17.8 Å². The zero-order valence-corrected chi connectivity index (χ0v) is 19.0. The summed E-state index contributed by atoms with van der Waals surface area (Å²) >= 11 is 3.20. The van der Waals surface area contributed by atoms with Crippen LogP contribution in [0, 0.1) is 6.92 Å². The van der Waals surface area contributed by atoms with Gasteiger partial charge in [-0.2, -0.15) is 0 Å². The zero-order valence-electron chi connectivity index (χ0n) is 17.4. The first-order chi connectivity index (χ1) is 14.6. The van der Waals surface area contributed by atoms with Crippen LogP contribution in [0.4, 0.5) is 13.2 Å². The van der Waals surface area contributed by atoms with Crippen molar-refractivity contribution in [1.82, 2.24) is 0 Å². The molecule has 0 bridgehead atoms. The summed E-state index contributed by atoms with van der Waals surface area (Å²) in [6.45, 7) is 4.20. The molecule has 0 fully saturated rings. The second-order valence-corrected chi connectivity index (χ2v) is 7.72. The molecule has 2 aromatic carbocycles. The van der Waals surface area contributed by atoms with Crippen molar-refractivity contribution in [2.75, 3.05) is 13.7 Å². The number of esters is 1. The van der Waals surface area contributed by atoms with Crippen LogP contribution in [0.1, 0.15) is 30.9 Å². The van der Waals surface area contributed by atoms with Crippen LogP contribution >= 0.6 is 15.9 Å². The molecule has 0 heterocycles. The van der Waals surface area contributed by atoms with Crippen molar-refractivity contribution in [3.05, 3.63) is 52.0 Å². The molecule has 0 amide bonds. The summed E-state index contributed by atoms with van der Waals surface area (Å²) in [5.74, 6) is 0.546. The molecular formula is C22H24BrF3O5. The summed E-state index contributed by atoms with van der Waals surface area (Å²) in [5.41, 5.74) is 2.08. The van der Waals surface area contributed by atoms with E-state index in [1.165, 1.54) is 25.3 Å². The van der Waals surface area contributed by atoms with E-state index in [2.05, 4.69) is 25.4 Å². The zero-order chi connectivity index (χ0) is 23.0. The van der Waals surface area contributed by atoms with E-state index >= 15 is 0 Å². The lowest BCUT2D eigenvalue weighted by molar-refractivity contribution is -0.274. The van der Waals surface area contributed by atoms with Crippen LogP contribution in [0.25, 0.3) is 0 Å². The number of hydrogen-bond donors (Lipinski definition) is 0. The maximum absolute atomic E-state index is 12.3. The van der Waals surface area contributed by atoms with E-state index < -0.39 is 6.36 Å². The molecule has 2 rings (SSSR count). The van der Waals surface area contributed by atoms with Crippen LogP contribution in [0.15, 0.2) is 40.9 Å². The molecule has 2 aromatic rings. The Morgan fingerprint density at radius 3 is 2.45 bits per heavy atom. The van der Waals surface area contributed by atoms with E-state index in [4.69, 9.17) is 9.47 Å². The fraction of sp³-hybridized carbons (Fsp3) is 0.409. The Bertz CT molecular complexity index is 886. The van der Waals surface area contributed by atoms with Gasteiger partial charge in [0.15, 0.2) is 0 Å². The van der Waals surface area contributed by atoms with Gasteiger partial charge in [-0.25, -0.2) is 0 Å². The number of rotatable bonds is 10. The molecule has 0 aromatic heterocycles. The number of aryl methyl sites for hydroxylation is 2. The highest BCUT2D eigenvalue weighted by molar-refractivity contribution is 9.10. The van der Waals surface area contributed by atoms with Crippen molar-refractivity contribution in [1.29, 1.82) is 0 Å². The highest BCUT2D eigenvalue weighted by Gasteiger charge is 2.31. The Hall–Kier alpha value is -2.42. The predicted molar refractivity (Wildman–Crippen MR) is 113 cm³/mol. The number of halogens is 4. The minimum atomic E-state index is -4.75. The van der Waals surface area contributed by atoms with Gasteiger partial charge in [0.2, 0.25) is 0 Å². The minimum Gasteiger partial charge on any atom is -0.493 e. The molecule has 9 heteroatoms. The van der Waals surface area contributed by atoms with E-state index in [9.17, 15) is 18.0 Å². The maximum atomic E-state index is 12.3. The molecule has 170 valence electrons. The first kappa shape index (κ1) is 24.8. The topological polar surface area (TPSA) is 54.0 Å². The van der Waals surface area contributed by atoms with Crippen LogP contribution in [0.3, 0.4) is 0 Å². The van der Waals surface area contributed by atoms with Gasteiger partial charge in [-0.3, -0.25) is 4.79 Å². The second kappa shape index (κ2) is 11.3. The van der Waals surface area contributed by atoms with Gasteiger partial charge < -0.3 is 18.9 Å². The Morgan fingerprint density at radius 2 is 1.84 bits per heavy atom. The number of carbonyl (C=O) groups is 1. The fourth-order valence-corrected chi connectivity index (χ4v) is 3.22. The lowest BCUT2D eigenvalue weighted by atomic mass is 10.0. The first-order valence-electron chi connectivity index (χ1n) is 9.58. The lowest BCUT2D eigenvalue weighted by Gasteiger charge is -2.17.